The standard InChI is InChI=1S/C21H31N3O2/c1-3-24-15-17(13-20(24)25)21(26)22-19-12-8-7-9-16(19)14-23(2)18-10-5-4-6-11-18/h7-9,12,17-18H,3-6,10-11,13-15H2,1-2H3,(H,22,26). The lowest BCUT2D eigenvalue weighted by atomic mass is 9.94. The third-order valence-corrected chi connectivity index (χ3v) is 5.86. The second-order valence-electron chi connectivity index (χ2n) is 7.69. The fourth-order valence-electron chi connectivity index (χ4n) is 4.19. The van der Waals surface area contributed by atoms with Crippen LogP contribution in [-0.4, -0.2) is 47.8 Å². The van der Waals surface area contributed by atoms with Crippen LogP contribution in [0.25, 0.3) is 0 Å². The summed E-state index contributed by atoms with van der Waals surface area (Å²) >= 11 is 0. The van der Waals surface area contributed by atoms with Gasteiger partial charge in [0.15, 0.2) is 0 Å². The largest absolute Gasteiger partial charge is 0.342 e. The van der Waals surface area contributed by atoms with Crippen molar-refractivity contribution in [2.45, 2.75) is 58.0 Å². The summed E-state index contributed by atoms with van der Waals surface area (Å²) in [5.74, 6) is -0.202. The molecule has 2 amide bonds. The van der Waals surface area contributed by atoms with Crippen molar-refractivity contribution >= 4 is 17.5 Å². The van der Waals surface area contributed by atoms with Crippen LogP contribution in [0.1, 0.15) is 51.0 Å². The maximum atomic E-state index is 12.7. The number of nitrogens with one attached hydrogen (secondary N) is 1. The highest BCUT2D eigenvalue weighted by Gasteiger charge is 2.33. The van der Waals surface area contributed by atoms with Gasteiger partial charge in [0.25, 0.3) is 0 Å². The second-order valence-corrected chi connectivity index (χ2v) is 7.69. The van der Waals surface area contributed by atoms with Crippen LogP contribution in [0.15, 0.2) is 24.3 Å². The molecule has 0 radical (unpaired) electrons. The van der Waals surface area contributed by atoms with Gasteiger partial charge >= 0.3 is 0 Å². The van der Waals surface area contributed by atoms with Crippen LogP contribution in [0, 0.1) is 5.92 Å². The minimum atomic E-state index is -0.244. The third kappa shape index (κ3) is 4.44. The van der Waals surface area contributed by atoms with Crippen molar-refractivity contribution in [1.29, 1.82) is 0 Å². The van der Waals surface area contributed by atoms with E-state index < -0.39 is 0 Å². The minimum absolute atomic E-state index is 0.0398. The number of hydrogen-bond donors (Lipinski definition) is 1. The number of anilines is 1. The summed E-state index contributed by atoms with van der Waals surface area (Å²) in [6.45, 7) is 4.00. The number of rotatable bonds is 6. The number of carbonyl (C=O) groups is 2. The Labute approximate surface area is 156 Å². The van der Waals surface area contributed by atoms with E-state index in [9.17, 15) is 9.59 Å². The Balaban J connectivity index is 1.63. The molecule has 1 aliphatic heterocycles. The van der Waals surface area contributed by atoms with Crippen LogP contribution in [0.3, 0.4) is 0 Å². The molecule has 0 aromatic heterocycles. The first-order chi connectivity index (χ1) is 12.6. The molecule has 5 nitrogen and oxygen atoms in total. The molecule has 0 spiro atoms. The number of hydrogen-bond acceptors (Lipinski definition) is 3. The molecule has 1 aromatic carbocycles. The number of carbonyl (C=O) groups excluding carboxylic acids is 2. The van der Waals surface area contributed by atoms with Gasteiger partial charge in [-0.1, -0.05) is 37.5 Å². The summed E-state index contributed by atoms with van der Waals surface area (Å²) < 4.78 is 0. The average Bonchev–Trinajstić information content (AvgIpc) is 3.05. The van der Waals surface area contributed by atoms with Crippen LogP contribution in [0.2, 0.25) is 0 Å². The molecule has 2 aliphatic rings. The molecule has 1 aliphatic carbocycles. The summed E-state index contributed by atoms with van der Waals surface area (Å²) in [4.78, 5) is 28.7. The highest BCUT2D eigenvalue weighted by Crippen LogP contribution is 2.26. The molecule has 142 valence electrons. The number of nitrogens with zero attached hydrogens (tertiary/aromatic N) is 2. The van der Waals surface area contributed by atoms with Gasteiger partial charge in [0.1, 0.15) is 0 Å². The summed E-state index contributed by atoms with van der Waals surface area (Å²) in [5, 5.41) is 3.08. The predicted octanol–water partition coefficient (Wildman–Crippen LogP) is 3.26. The van der Waals surface area contributed by atoms with Crippen molar-refractivity contribution in [2.75, 3.05) is 25.5 Å². The highest BCUT2D eigenvalue weighted by molar-refractivity contribution is 5.97. The molecule has 1 aromatic rings. The number of benzene rings is 1. The quantitative estimate of drug-likeness (QED) is 0.850. The molecule has 1 saturated heterocycles. The van der Waals surface area contributed by atoms with E-state index in [1.165, 1.54) is 32.1 Å². The van der Waals surface area contributed by atoms with Crippen molar-refractivity contribution in [3.8, 4) is 0 Å². The Hall–Kier alpha value is -1.88. The van der Waals surface area contributed by atoms with E-state index in [2.05, 4.69) is 23.3 Å². The molecule has 1 unspecified atom stereocenters. The summed E-state index contributed by atoms with van der Waals surface area (Å²) in [6.07, 6.45) is 6.84. The van der Waals surface area contributed by atoms with Gasteiger partial charge in [-0.25, -0.2) is 0 Å². The van der Waals surface area contributed by atoms with Crippen LogP contribution in [0.5, 0.6) is 0 Å². The normalized spacial score (nSPS) is 21.4. The number of likely N-dealkylation sites (tertiary alicyclic amines) is 1. The van der Waals surface area contributed by atoms with Crippen LogP contribution < -0.4 is 5.32 Å². The Bertz CT molecular complexity index is 640. The molecule has 1 heterocycles. The zero-order valence-corrected chi connectivity index (χ0v) is 16.0. The number of para-hydroxylation sites is 1. The van der Waals surface area contributed by atoms with Crippen molar-refractivity contribution in [3.63, 3.8) is 0 Å². The van der Waals surface area contributed by atoms with Crippen molar-refractivity contribution < 1.29 is 9.59 Å². The van der Waals surface area contributed by atoms with Gasteiger partial charge in [-0.3, -0.25) is 14.5 Å². The van der Waals surface area contributed by atoms with Crippen LogP contribution in [-0.2, 0) is 16.1 Å². The molecule has 3 rings (SSSR count). The fourth-order valence-corrected chi connectivity index (χ4v) is 4.19. The van der Waals surface area contributed by atoms with E-state index >= 15 is 0 Å². The Morgan fingerprint density at radius 3 is 2.65 bits per heavy atom. The third-order valence-electron chi connectivity index (χ3n) is 5.86. The van der Waals surface area contributed by atoms with Gasteiger partial charge in [-0.15, -0.1) is 0 Å². The Kier molecular flexibility index (Phi) is 6.30. The van der Waals surface area contributed by atoms with Crippen LogP contribution >= 0.6 is 0 Å². The number of amides is 2. The maximum Gasteiger partial charge on any atom is 0.229 e. The van der Waals surface area contributed by atoms with Gasteiger partial charge in [0, 0.05) is 37.8 Å². The summed E-state index contributed by atoms with van der Waals surface area (Å²) in [5.41, 5.74) is 2.02. The predicted molar refractivity (Wildman–Crippen MR) is 104 cm³/mol. The highest BCUT2D eigenvalue weighted by atomic mass is 16.2. The fraction of sp³-hybridized carbons (Fsp3) is 0.619. The van der Waals surface area contributed by atoms with Crippen LogP contribution in [0.4, 0.5) is 5.69 Å². The van der Waals surface area contributed by atoms with Gasteiger partial charge < -0.3 is 10.2 Å². The maximum absolute atomic E-state index is 12.7. The molecule has 1 atom stereocenters. The second kappa shape index (κ2) is 8.67. The van der Waals surface area contributed by atoms with E-state index in [4.69, 9.17) is 0 Å². The van der Waals surface area contributed by atoms with Gasteiger partial charge in [0.2, 0.25) is 11.8 Å². The van der Waals surface area contributed by atoms with E-state index in [-0.39, 0.29) is 17.7 Å². The molecular formula is C21H31N3O2. The van der Waals surface area contributed by atoms with Crippen molar-refractivity contribution in [2.24, 2.45) is 5.92 Å². The molecule has 2 fully saturated rings. The van der Waals surface area contributed by atoms with Crippen molar-refractivity contribution in [1.82, 2.24) is 9.80 Å². The lowest BCUT2D eigenvalue weighted by Gasteiger charge is -2.31. The zero-order valence-electron chi connectivity index (χ0n) is 16.0. The summed E-state index contributed by atoms with van der Waals surface area (Å²) in [7, 11) is 2.18. The molecule has 1 saturated carbocycles. The van der Waals surface area contributed by atoms with E-state index in [1.807, 2.05) is 25.1 Å². The molecular weight excluding hydrogens is 326 g/mol. The first-order valence-electron chi connectivity index (χ1n) is 9.95. The lowest BCUT2D eigenvalue weighted by Crippen LogP contribution is -2.33. The smallest absolute Gasteiger partial charge is 0.229 e. The first-order valence-corrected chi connectivity index (χ1v) is 9.95. The lowest BCUT2D eigenvalue weighted by molar-refractivity contribution is -0.128. The van der Waals surface area contributed by atoms with E-state index in [0.717, 1.165) is 17.8 Å². The SMILES string of the molecule is CCN1CC(C(=O)Nc2ccccc2CN(C)C2CCCCC2)CC1=O. The minimum Gasteiger partial charge on any atom is -0.342 e. The van der Waals surface area contributed by atoms with E-state index in [1.54, 1.807) is 4.90 Å². The van der Waals surface area contributed by atoms with Gasteiger partial charge in [0.05, 0.1) is 5.92 Å². The average molecular weight is 357 g/mol. The summed E-state index contributed by atoms with van der Waals surface area (Å²) in [6, 6.07) is 8.68. The van der Waals surface area contributed by atoms with E-state index in [0.29, 0.717) is 25.6 Å². The molecule has 5 heteroatoms. The molecule has 26 heavy (non-hydrogen) atoms. The molecule has 0 bridgehead atoms. The Morgan fingerprint density at radius 1 is 1.23 bits per heavy atom. The van der Waals surface area contributed by atoms with Gasteiger partial charge in [-0.2, -0.15) is 0 Å². The first kappa shape index (κ1) is 18.9. The zero-order chi connectivity index (χ0) is 18.5. The topological polar surface area (TPSA) is 52.7 Å². The van der Waals surface area contributed by atoms with Gasteiger partial charge in [-0.05, 0) is 38.4 Å². The molecule has 1 N–H and O–H groups in total. The Morgan fingerprint density at radius 2 is 1.96 bits per heavy atom. The monoisotopic (exact) mass is 357 g/mol. The van der Waals surface area contributed by atoms with Crippen molar-refractivity contribution in [3.05, 3.63) is 29.8 Å².